The molecule has 0 aromatic carbocycles. The summed E-state index contributed by atoms with van der Waals surface area (Å²) in [6.45, 7) is 5.26. The average Bonchev–Trinajstić information content (AvgIpc) is 2.44. The molecule has 0 unspecified atom stereocenters. The molecule has 0 aliphatic heterocycles. The zero-order valence-electron chi connectivity index (χ0n) is 14.0. The zero-order chi connectivity index (χ0) is 16.0. The van der Waals surface area contributed by atoms with Gasteiger partial charge in [-0.3, -0.25) is 4.57 Å². The molecule has 4 heteroatoms. The van der Waals surface area contributed by atoms with E-state index < -0.39 is 6.72 Å². The monoisotopic (exact) mass is 336 g/mol. The van der Waals surface area contributed by atoms with Crippen molar-refractivity contribution in [2.75, 3.05) is 6.61 Å². The summed E-state index contributed by atoms with van der Waals surface area (Å²) < 4.78 is 17.7. The average molecular weight is 337 g/mol. The van der Waals surface area contributed by atoms with E-state index in [1.54, 1.807) is 0 Å². The van der Waals surface area contributed by atoms with Gasteiger partial charge in [-0.1, -0.05) is 64.4 Å². The molecule has 2 atom stereocenters. The second-order valence-electron chi connectivity index (χ2n) is 5.72. The van der Waals surface area contributed by atoms with Crippen LogP contribution in [0.2, 0.25) is 0 Å². The van der Waals surface area contributed by atoms with Crippen LogP contribution in [0.25, 0.3) is 0 Å². The van der Waals surface area contributed by atoms with Crippen molar-refractivity contribution in [3.8, 4) is 0 Å². The van der Waals surface area contributed by atoms with Crippen molar-refractivity contribution in [1.29, 1.82) is 0 Å². The summed E-state index contributed by atoms with van der Waals surface area (Å²) in [4.78, 5) is 0. The molecule has 0 heterocycles. The van der Waals surface area contributed by atoms with Gasteiger partial charge >= 0.3 is 0 Å². The van der Waals surface area contributed by atoms with Crippen LogP contribution in [0.15, 0.2) is 12.7 Å². The fourth-order valence-corrected chi connectivity index (χ4v) is 4.95. The van der Waals surface area contributed by atoms with E-state index in [0.29, 0.717) is 6.61 Å². The largest absolute Gasteiger partial charge is 0.318 e. The van der Waals surface area contributed by atoms with E-state index in [2.05, 4.69) is 13.5 Å². The smallest absolute Gasteiger partial charge is 0.293 e. The van der Waals surface area contributed by atoms with Crippen molar-refractivity contribution in [2.24, 2.45) is 0 Å². The third-order valence-corrected chi connectivity index (χ3v) is 6.96. The van der Waals surface area contributed by atoms with Gasteiger partial charge in [0.1, 0.15) is 0 Å². The van der Waals surface area contributed by atoms with E-state index in [0.717, 1.165) is 25.7 Å². The number of hydrogen-bond donors (Lipinski definition) is 0. The minimum absolute atomic E-state index is 0.0165. The molecule has 0 aromatic heterocycles. The van der Waals surface area contributed by atoms with Gasteiger partial charge in [-0.15, -0.1) is 6.58 Å². The molecule has 0 amide bonds. The van der Waals surface area contributed by atoms with Crippen molar-refractivity contribution in [1.82, 2.24) is 0 Å². The maximum atomic E-state index is 12.4. The third kappa shape index (κ3) is 11.4. The normalized spacial score (nSPS) is 15.6. The van der Waals surface area contributed by atoms with E-state index in [1.165, 1.54) is 44.9 Å². The molecular formula is C17H34ClO2P. The lowest BCUT2D eigenvalue weighted by Crippen LogP contribution is -2.08. The van der Waals surface area contributed by atoms with Crippen molar-refractivity contribution >= 4 is 18.0 Å². The van der Waals surface area contributed by atoms with Crippen LogP contribution in [0, 0.1) is 0 Å². The van der Waals surface area contributed by atoms with Gasteiger partial charge in [-0.2, -0.15) is 0 Å². The summed E-state index contributed by atoms with van der Waals surface area (Å²) >= 11 is 6.13. The standard InChI is InChI=1S/C17H34ClO2P/c1-4-7-9-10-11-12-13-14-16-17(15-8-5-2)21(18,19)20-6-3/h5,17H,2,4,6-16H2,1,3H3/t17-,21+/m0/s1. The number of allylic oxidation sites excluding steroid dienone is 1. The van der Waals surface area contributed by atoms with E-state index in [9.17, 15) is 4.57 Å². The fourth-order valence-electron chi connectivity index (χ4n) is 2.56. The second-order valence-corrected chi connectivity index (χ2v) is 9.17. The molecule has 0 aromatic rings. The molecular weight excluding hydrogens is 303 g/mol. The first-order valence-corrected chi connectivity index (χ1v) is 11.2. The number of hydrogen-bond acceptors (Lipinski definition) is 2. The zero-order valence-corrected chi connectivity index (χ0v) is 15.6. The first-order valence-electron chi connectivity index (χ1n) is 8.63. The van der Waals surface area contributed by atoms with E-state index >= 15 is 0 Å². The van der Waals surface area contributed by atoms with Crippen LogP contribution in [-0.4, -0.2) is 12.3 Å². The van der Waals surface area contributed by atoms with E-state index in [-0.39, 0.29) is 5.66 Å². The topological polar surface area (TPSA) is 26.3 Å². The van der Waals surface area contributed by atoms with Gasteiger partial charge in [0.2, 0.25) is 0 Å². The maximum absolute atomic E-state index is 12.4. The predicted octanol–water partition coefficient (Wildman–Crippen LogP) is 7.32. The fraction of sp³-hybridized carbons (Fsp3) is 0.882. The lowest BCUT2D eigenvalue weighted by atomic mass is 10.0. The highest BCUT2D eigenvalue weighted by Gasteiger charge is 2.30. The van der Waals surface area contributed by atoms with Crippen LogP contribution in [0.4, 0.5) is 0 Å². The first-order chi connectivity index (χ1) is 10.1. The van der Waals surface area contributed by atoms with Crippen molar-refractivity contribution in [3.63, 3.8) is 0 Å². The molecule has 0 aliphatic carbocycles. The Kier molecular flexibility index (Phi) is 14.0. The Balaban J connectivity index is 3.91. The maximum Gasteiger partial charge on any atom is 0.293 e. The molecule has 0 fully saturated rings. The van der Waals surface area contributed by atoms with Crippen LogP contribution in [0.1, 0.15) is 84.5 Å². The van der Waals surface area contributed by atoms with Crippen LogP contribution in [0.5, 0.6) is 0 Å². The van der Waals surface area contributed by atoms with Gasteiger partial charge < -0.3 is 4.52 Å². The Labute approximate surface area is 136 Å². The summed E-state index contributed by atoms with van der Waals surface area (Å²) in [5.74, 6) is 0. The van der Waals surface area contributed by atoms with Gasteiger partial charge in [-0.05, 0) is 37.4 Å². The number of halogens is 1. The van der Waals surface area contributed by atoms with Crippen LogP contribution < -0.4 is 0 Å². The van der Waals surface area contributed by atoms with Crippen LogP contribution in [0.3, 0.4) is 0 Å². The van der Waals surface area contributed by atoms with Crippen molar-refractivity contribution < 1.29 is 9.09 Å². The third-order valence-electron chi connectivity index (χ3n) is 3.84. The minimum atomic E-state index is -2.98. The van der Waals surface area contributed by atoms with Crippen LogP contribution >= 0.6 is 18.0 Å². The lowest BCUT2D eigenvalue weighted by Gasteiger charge is -2.21. The quantitative estimate of drug-likeness (QED) is 0.178. The number of rotatable bonds is 15. The van der Waals surface area contributed by atoms with Gasteiger partial charge in [0.15, 0.2) is 0 Å². The predicted molar refractivity (Wildman–Crippen MR) is 95.5 cm³/mol. The molecule has 0 rings (SSSR count). The van der Waals surface area contributed by atoms with Gasteiger partial charge in [0.25, 0.3) is 6.72 Å². The van der Waals surface area contributed by atoms with Crippen LogP contribution in [-0.2, 0) is 9.09 Å². The molecule has 0 aliphatic rings. The SMILES string of the molecule is C=CCC[C@@H](CCCCCCCCCC)[P@](=O)(Cl)OCC. The molecule has 0 saturated carbocycles. The molecule has 0 radical (unpaired) electrons. The summed E-state index contributed by atoms with van der Waals surface area (Å²) in [6, 6.07) is 0. The highest BCUT2D eigenvalue weighted by Crippen LogP contribution is 2.59. The highest BCUT2D eigenvalue weighted by molar-refractivity contribution is 7.85. The van der Waals surface area contributed by atoms with Gasteiger partial charge in [0, 0.05) is 0 Å². The number of unbranched alkanes of at least 4 members (excludes halogenated alkanes) is 7. The van der Waals surface area contributed by atoms with Gasteiger partial charge in [-0.25, -0.2) is 0 Å². The first kappa shape index (κ1) is 21.2. The molecule has 0 bridgehead atoms. The Morgan fingerprint density at radius 3 is 2.14 bits per heavy atom. The molecule has 21 heavy (non-hydrogen) atoms. The summed E-state index contributed by atoms with van der Waals surface area (Å²) in [6.07, 6.45) is 14.7. The lowest BCUT2D eigenvalue weighted by molar-refractivity contribution is 0.333. The highest BCUT2D eigenvalue weighted by atomic mass is 35.7. The molecule has 0 spiro atoms. The summed E-state index contributed by atoms with van der Waals surface area (Å²) in [5, 5.41) is 0. The van der Waals surface area contributed by atoms with E-state index in [1.807, 2.05) is 13.0 Å². The van der Waals surface area contributed by atoms with Crippen molar-refractivity contribution in [3.05, 3.63) is 12.7 Å². The Hall–Kier alpha value is 0.220. The molecule has 0 N–H and O–H groups in total. The van der Waals surface area contributed by atoms with Gasteiger partial charge in [0.05, 0.1) is 12.3 Å². The second kappa shape index (κ2) is 13.9. The Morgan fingerprint density at radius 1 is 1.05 bits per heavy atom. The summed E-state index contributed by atoms with van der Waals surface area (Å²) in [5.41, 5.74) is -0.0165. The molecule has 126 valence electrons. The Morgan fingerprint density at radius 2 is 1.62 bits per heavy atom. The molecule has 0 saturated heterocycles. The molecule has 2 nitrogen and oxygen atoms in total. The minimum Gasteiger partial charge on any atom is -0.318 e. The van der Waals surface area contributed by atoms with Crippen molar-refractivity contribution in [2.45, 2.75) is 90.1 Å². The Bertz CT molecular complexity index is 295. The van der Waals surface area contributed by atoms with E-state index in [4.69, 9.17) is 15.8 Å². The summed E-state index contributed by atoms with van der Waals surface area (Å²) in [7, 11) is 0.